The Labute approximate surface area is 217 Å². The van der Waals surface area contributed by atoms with Crippen LogP contribution in [0.5, 0.6) is 11.5 Å². The molecule has 0 radical (unpaired) electrons. The fourth-order valence-corrected chi connectivity index (χ4v) is 3.55. The maximum absolute atomic E-state index is 13.3. The smallest absolute Gasteiger partial charge is 0.267 e. The Balaban J connectivity index is 1.50. The van der Waals surface area contributed by atoms with Crippen molar-refractivity contribution in [3.8, 4) is 11.5 Å². The van der Waals surface area contributed by atoms with Crippen LogP contribution < -0.4 is 21.1 Å². The molecule has 190 valence electrons. The Bertz CT molecular complexity index is 1330. The Morgan fingerprint density at radius 2 is 1.92 bits per heavy atom. The molecule has 0 bridgehead atoms. The van der Waals surface area contributed by atoms with Gasteiger partial charge in [0.05, 0.1) is 23.8 Å². The van der Waals surface area contributed by atoms with E-state index in [9.17, 15) is 14.4 Å². The van der Waals surface area contributed by atoms with Gasteiger partial charge in [-0.2, -0.15) is 0 Å². The third-order valence-corrected chi connectivity index (χ3v) is 5.56. The highest BCUT2D eigenvalue weighted by molar-refractivity contribution is 6.30. The van der Waals surface area contributed by atoms with Crippen molar-refractivity contribution in [2.24, 2.45) is 10.7 Å². The number of carbonyl (C=O) groups is 3. The van der Waals surface area contributed by atoms with Gasteiger partial charge >= 0.3 is 0 Å². The van der Waals surface area contributed by atoms with E-state index in [0.29, 0.717) is 33.9 Å². The van der Waals surface area contributed by atoms with Gasteiger partial charge in [0.25, 0.3) is 11.8 Å². The predicted octanol–water partition coefficient (Wildman–Crippen LogP) is 2.73. The van der Waals surface area contributed by atoms with Gasteiger partial charge in [-0.3, -0.25) is 29.3 Å². The SMILES string of the molecule is CCC(=O)NC1CN=C(Nc2ccc(Oc3ccnc(C(N)=O)c3)cc2)N(Cc2ccc(Cl)cn2)C1=O. The van der Waals surface area contributed by atoms with Gasteiger partial charge in [-0.15, -0.1) is 0 Å². The molecule has 0 saturated heterocycles. The summed E-state index contributed by atoms with van der Waals surface area (Å²) in [5.74, 6) is 0.0495. The summed E-state index contributed by atoms with van der Waals surface area (Å²) in [5, 5.41) is 6.35. The first-order chi connectivity index (χ1) is 17.8. The highest BCUT2D eigenvalue weighted by Gasteiger charge is 2.33. The number of halogens is 1. The second kappa shape index (κ2) is 11.5. The molecule has 3 aromatic rings. The standard InChI is InChI=1S/C25H24ClN7O4/c1-2-22(34)32-21-13-30-25(33(24(21)36)14-17-4-3-15(26)12-29-17)31-16-5-7-18(8-6-16)37-19-9-10-28-20(11-19)23(27)35/h3-12,21H,2,13-14H2,1H3,(H2,27,35)(H,30,31)(H,32,34). The largest absolute Gasteiger partial charge is 0.457 e. The number of nitrogens with zero attached hydrogens (tertiary/aromatic N) is 4. The molecule has 37 heavy (non-hydrogen) atoms. The molecule has 0 spiro atoms. The van der Waals surface area contributed by atoms with Crippen molar-refractivity contribution in [2.45, 2.75) is 25.9 Å². The number of anilines is 1. The Morgan fingerprint density at radius 3 is 2.59 bits per heavy atom. The summed E-state index contributed by atoms with van der Waals surface area (Å²) in [6.45, 7) is 1.95. The molecule has 3 heterocycles. The average Bonchev–Trinajstić information content (AvgIpc) is 2.90. The number of hydrogen-bond donors (Lipinski definition) is 3. The average molecular weight is 522 g/mol. The van der Waals surface area contributed by atoms with Crippen LogP contribution in [0.1, 0.15) is 29.5 Å². The summed E-state index contributed by atoms with van der Waals surface area (Å²) in [6.07, 6.45) is 3.19. The van der Waals surface area contributed by atoms with Crippen molar-refractivity contribution >= 4 is 41.0 Å². The van der Waals surface area contributed by atoms with Crippen LogP contribution >= 0.6 is 11.6 Å². The zero-order valence-corrected chi connectivity index (χ0v) is 20.6. The lowest BCUT2D eigenvalue weighted by atomic mass is 10.2. The molecule has 3 amide bonds. The maximum Gasteiger partial charge on any atom is 0.267 e. The molecular weight excluding hydrogens is 498 g/mol. The molecule has 0 aliphatic carbocycles. The molecule has 0 saturated carbocycles. The highest BCUT2D eigenvalue weighted by atomic mass is 35.5. The first kappa shape index (κ1) is 25.6. The molecular formula is C25H24ClN7O4. The first-order valence-electron chi connectivity index (χ1n) is 11.4. The lowest BCUT2D eigenvalue weighted by Gasteiger charge is -2.32. The quantitative estimate of drug-likeness (QED) is 0.412. The molecule has 1 unspecified atom stereocenters. The van der Waals surface area contributed by atoms with E-state index in [4.69, 9.17) is 22.1 Å². The number of aromatic nitrogens is 2. The van der Waals surface area contributed by atoms with E-state index in [2.05, 4.69) is 25.6 Å². The summed E-state index contributed by atoms with van der Waals surface area (Å²) >= 11 is 5.94. The predicted molar refractivity (Wildman–Crippen MR) is 137 cm³/mol. The lowest BCUT2D eigenvalue weighted by Crippen LogP contribution is -2.56. The van der Waals surface area contributed by atoms with Crippen molar-refractivity contribution < 1.29 is 19.1 Å². The number of aliphatic imine (C=N–C) groups is 1. The summed E-state index contributed by atoms with van der Waals surface area (Å²) in [4.78, 5) is 50.6. The van der Waals surface area contributed by atoms with Gasteiger partial charge < -0.3 is 21.1 Å². The topological polar surface area (TPSA) is 152 Å². The van der Waals surface area contributed by atoms with Gasteiger partial charge in [0, 0.05) is 30.6 Å². The van der Waals surface area contributed by atoms with Crippen molar-refractivity contribution in [1.82, 2.24) is 20.2 Å². The molecule has 1 aromatic carbocycles. The Hall–Kier alpha value is -4.51. The third-order valence-electron chi connectivity index (χ3n) is 5.34. The number of rotatable bonds is 8. The molecule has 1 aliphatic rings. The molecule has 12 heteroatoms. The monoisotopic (exact) mass is 521 g/mol. The second-order valence-corrected chi connectivity index (χ2v) is 8.46. The fourth-order valence-electron chi connectivity index (χ4n) is 3.44. The first-order valence-corrected chi connectivity index (χ1v) is 11.8. The van der Waals surface area contributed by atoms with Crippen LogP contribution in [0.4, 0.5) is 5.69 Å². The fraction of sp³-hybridized carbons (Fsp3) is 0.200. The van der Waals surface area contributed by atoms with Crippen LogP contribution in [-0.2, 0) is 16.1 Å². The van der Waals surface area contributed by atoms with E-state index in [1.54, 1.807) is 49.4 Å². The van der Waals surface area contributed by atoms with Crippen molar-refractivity contribution in [3.63, 3.8) is 0 Å². The number of guanidine groups is 1. The number of amides is 3. The van der Waals surface area contributed by atoms with E-state index in [-0.39, 0.29) is 37.0 Å². The molecule has 1 aliphatic heterocycles. The lowest BCUT2D eigenvalue weighted by molar-refractivity contribution is -0.134. The number of nitrogens with two attached hydrogens (primary N) is 1. The van der Waals surface area contributed by atoms with Gasteiger partial charge in [0.1, 0.15) is 23.2 Å². The normalized spacial score (nSPS) is 15.1. The minimum Gasteiger partial charge on any atom is -0.457 e. The van der Waals surface area contributed by atoms with Crippen LogP contribution in [0, 0.1) is 0 Å². The number of pyridine rings is 2. The zero-order chi connectivity index (χ0) is 26.4. The molecule has 4 rings (SSSR count). The minimum atomic E-state index is -0.772. The number of hydrogen-bond acceptors (Lipinski definition) is 8. The van der Waals surface area contributed by atoms with Gasteiger partial charge in [-0.1, -0.05) is 18.5 Å². The Kier molecular flexibility index (Phi) is 7.94. The molecule has 0 fully saturated rings. The van der Waals surface area contributed by atoms with Crippen molar-refractivity contribution in [1.29, 1.82) is 0 Å². The van der Waals surface area contributed by atoms with E-state index >= 15 is 0 Å². The highest BCUT2D eigenvalue weighted by Crippen LogP contribution is 2.24. The van der Waals surface area contributed by atoms with E-state index in [0.717, 1.165) is 0 Å². The third kappa shape index (κ3) is 6.58. The zero-order valence-electron chi connectivity index (χ0n) is 19.8. The molecule has 1 atom stereocenters. The molecule has 11 nitrogen and oxygen atoms in total. The number of primary amides is 1. The van der Waals surface area contributed by atoms with Crippen LogP contribution in [0.3, 0.4) is 0 Å². The molecule has 2 aromatic heterocycles. The van der Waals surface area contributed by atoms with Crippen LogP contribution in [-0.4, -0.2) is 51.1 Å². The van der Waals surface area contributed by atoms with Crippen molar-refractivity contribution in [3.05, 3.63) is 77.3 Å². The number of nitrogens with one attached hydrogen (secondary N) is 2. The summed E-state index contributed by atoms with van der Waals surface area (Å²) in [7, 11) is 0. The van der Waals surface area contributed by atoms with Gasteiger partial charge in [0.2, 0.25) is 11.9 Å². The summed E-state index contributed by atoms with van der Waals surface area (Å²) in [6, 6.07) is 12.6. The van der Waals surface area contributed by atoms with Crippen LogP contribution in [0.15, 0.2) is 65.9 Å². The summed E-state index contributed by atoms with van der Waals surface area (Å²) in [5.41, 5.74) is 6.61. The molecule has 4 N–H and O–H groups in total. The number of ether oxygens (including phenoxy) is 1. The van der Waals surface area contributed by atoms with Crippen LogP contribution in [0.2, 0.25) is 5.02 Å². The van der Waals surface area contributed by atoms with E-state index in [1.807, 2.05) is 0 Å². The van der Waals surface area contributed by atoms with Gasteiger partial charge in [0.15, 0.2) is 0 Å². The second-order valence-electron chi connectivity index (χ2n) is 8.02. The van der Waals surface area contributed by atoms with Crippen LogP contribution in [0.25, 0.3) is 0 Å². The van der Waals surface area contributed by atoms with Gasteiger partial charge in [-0.25, -0.2) is 4.99 Å². The number of carbonyl (C=O) groups excluding carboxylic acids is 3. The Morgan fingerprint density at radius 1 is 1.14 bits per heavy atom. The number of benzene rings is 1. The van der Waals surface area contributed by atoms with E-state index in [1.165, 1.54) is 23.4 Å². The van der Waals surface area contributed by atoms with E-state index < -0.39 is 11.9 Å². The summed E-state index contributed by atoms with van der Waals surface area (Å²) < 4.78 is 5.77. The minimum absolute atomic E-state index is 0.0967. The van der Waals surface area contributed by atoms with Crippen molar-refractivity contribution in [2.75, 3.05) is 11.9 Å². The van der Waals surface area contributed by atoms with Gasteiger partial charge in [-0.05, 0) is 42.5 Å². The maximum atomic E-state index is 13.3.